The normalized spacial score (nSPS) is 10.3. The number of urea groups is 1. The summed E-state index contributed by atoms with van der Waals surface area (Å²) in [6.45, 7) is 0. The van der Waals surface area contributed by atoms with Gasteiger partial charge in [-0.25, -0.2) is 9.78 Å². The third-order valence-electron chi connectivity index (χ3n) is 2.55. The van der Waals surface area contributed by atoms with Crippen LogP contribution in [0.25, 0.3) is 0 Å². The largest absolute Gasteiger partial charge is 0.326 e. The Labute approximate surface area is 155 Å². The monoisotopic (exact) mass is 411 g/mol. The van der Waals surface area contributed by atoms with E-state index in [1.54, 1.807) is 24.3 Å². The number of pyridine rings is 1. The number of hydrogen-bond donors (Lipinski definition) is 2. The minimum atomic E-state index is -0.877. The molecule has 0 aliphatic rings. The van der Waals surface area contributed by atoms with Crippen LogP contribution in [0, 0.1) is 0 Å². The molecule has 10 heteroatoms. The van der Waals surface area contributed by atoms with Crippen molar-refractivity contribution in [3.63, 3.8) is 0 Å². The summed E-state index contributed by atoms with van der Waals surface area (Å²) in [6.07, 6.45) is 0. The Morgan fingerprint density at radius 2 is 1.39 bits per heavy atom. The third kappa shape index (κ3) is 4.40. The summed E-state index contributed by atoms with van der Waals surface area (Å²) in [7, 11) is 0. The zero-order chi connectivity index (χ0) is 17.1. The molecule has 1 heterocycles. The fraction of sp³-hybridized carbons (Fsp3) is 0. The molecule has 1 aromatic heterocycles. The van der Waals surface area contributed by atoms with Crippen LogP contribution in [0.4, 0.5) is 10.5 Å². The molecule has 23 heavy (non-hydrogen) atoms. The lowest BCUT2D eigenvalue weighted by Gasteiger charge is -2.10. The molecule has 0 atom stereocenters. The zero-order valence-electron chi connectivity index (χ0n) is 11.0. The van der Waals surface area contributed by atoms with E-state index in [0.717, 1.165) is 0 Å². The molecular formula is C13H6Cl5N3O2. The van der Waals surface area contributed by atoms with Gasteiger partial charge in [0.25, 0.3) is 5.91 Å². The lowest BCUT2D eigenvalue weighted by atomic mass is 10.2. The van der Waals surface area contributed by atoms with Gasteiger partial charge in [0.1, 0.15) is 10.3 Å². The second kappa shape index (κ2) is 7.55. The predicted octanol–water partition coefficient (Wildman–Crippen LogP) is 5.31. The Balaban J connectivity index is 2.16. The Kier molecular flexibility index (Phi) is 5.95. The second-order valence-electron chi connectivity index (χ2n) is 4.11. The van der Waals surface area contributed by atoms with Crippen LogP contribution in [0.5, 0.6) is 0 Å². The Morgan fingerprint density at radius 3 is 1.91 bits per heavy atom. The third-order valence-corrected chi connectivity index (χ3v) is 4.28. The molecule has 2 N–H and O–H groups in total. The first-order valence-corrected chi connectivity index (χ1v) is 7.76. The molecule has 2 aromatic rings. The van der Waals surface area contributed by atoms with Crippen molar-refractivity contribution in [3.8, 4) is 0 Å². The van der Waals surface area contributed by atoms with Crippen molar-refractivity contribution in [1.82, 2.24) is 10.3 Å². The van der Waals surface area contributed by atoms with E-state index in [2.05, 4.69) is 15.6 Å². The highest BCUT2D eigenvalue weighted by Crippen LogP contribution is 2.34. The summed E-state index contributed by atoms with van der Waals surface area (Å²) in [5.41, 5.74) is 0.187. The van der Waals surface area contributed by atoms with E-state index in [1.807, 2.05) is 0 Å². The van der Waals surface area contributed by atoms with Crippen molar-refractivity contribution in [1.29, 1.82) is 0 Å². The molecule has 0 fully saturated rings. The Bertz CT molecular complexity index is 754. The number of halogens is 5. The Hall–Kier alpha value is -1.24. The summed E-state index contributed by atoms with van der Waals surface area (Å²) in [5, 5.41) is 4.18. The quantitative estimate of drug-likeness (QED) is 0.656. The molecule has 0 bridgehead atoms. The van der Waals surface area contributed by atoms with Gasteiger partial charge in [0.15, 0.2) is 0 Å². The Morgan fingerprint density at radius 1 is 0.870 bits per heavy atom. The van der Waals surface area contributed by atoms with Gasteiger partial charge in [0.05, 0.1) is 15.6 Å². The van der Waals surface area contributed by atoms with Crippen molar-refractivity contribution in [3.05, 3.63) is 55.2 Å². The maximum absolute atomic E-state index is 12.1. The standard InChI is InChI=1S/C13H6Cl5N3O2/c14-5-1-3-6(4-2-5)19-13(23)21-12(22)7-8(15)10(17)20-11(18)9(7)16/h1-4H,(H2,19,21,22,23). The molecule has 1 aromatic carbocycles. The smallest absolute Gasteiger partial charge is 0.308 e. The van der Waals surface area contributed by atoms with E-state index in [0.29, 0.717) is 10.7 Å². The van der Waals surface area contributed by atoms with Gasteiger partial charge in [0.2, 0.25) is 0 Å². The molecule has 0 saturated carbocycles. The van der Waals surface area contributed by atoms with Crippen LogP contribution in [0.1, 0.15) is 10.4 Å². The van der Waals surface area contributed by atoms with Crippen molar-refractivity contribution in [2.45, 2.75) is 0 Å². The van der Waals surface area contributed by atoms with Crippen LogP contribution in [-0.2, 0) is 0 Å². The minimum Gasteiger partial charge on any atom is -0.308 e. The lowest BCUT2D eigenvalue weighted by molar-refractivity contribution is 0.0967. The average molecular weight is 413 g/mol. The number of imide groups is 1. The van der Waals surface area contributed by atoms with Crippen LogP contribution >= 0.6 is 58.0 Å². The van der Waals surface area contributed by atoms with Crippen LogP contribution < -0.4 is 10.6 Å². The number of benzene rings is 1. The molecule has 3 amide bonds. The van der Waals surface area contributed by atoms with Gasteiger partial charge in [-0.05, 0) is 24.3 Å². The number of rotatable bonds is 2. The zero-order valence-corrected chi connectivity index (χ0v) is 14.7. The topological polar surface area (TPSA) is 71.1 Å². The number of anilines is 1. The maximum Gasteiger partial charge on any atom is 0.326 e. The first-order valence-electron chi connectivity index (χ1n) is 5.87. The molecule has 0 spiro atoms. The van der Waals surface area contributed by atoms with E-state index in [9.17, 15) is 9.59 Å². The highest BCUT2D eigenvalue weighted by atomic mass is 35.5. The van der Waals surface area contributed by atoms with E-state index in [4.69, 9.17) is 58.0 Å². The van der Waals surface area contributed by atoms with Crippen molar-refractivity contribution in [2.75, 3.05) is 5.32 Å². The molecule has 0 aliphatic carbocycles. The van der Waals surface area contributed by atoms with Gasteiger partial charge in [0, 0.05) is 10.7 Å². The fourth-order valence-corrected chi connectivity index (χ4v) is 2.57. The van der Waals surface area contributed by atoms with Crippen LogP contribution in [-0.4, -0.2) is 16.9 Å². The molecule has 2 rings (SSSR count). The summed E-state index contributed by atoms with van der Waals surface area (Å²) in [4.78, 5) is 27.6. The van der Waals surface area contributed by atoms with Crippen molar-refractivity contribution < 1.29 is 9.59 Å². The van der Waals surface area contributed by atoms with Crippen molar-refractivity contribution >= 4 is 75.6 Å². The van der Waals surface area contributed by atoms with E-state index >= 15 is 0 Å². The number of aromatic nitrogens is 1. The number of amides is 3. The summed E-state index contributed by atoms with van der Waals surface area (Å²) >= 11 is 29.0. The van der Waals surface area contributed by atoms with Crippen LogP contribution in [0.3, 0.4) is 0 Å². The SMILES string of the molecule is O=C(NC(=O)c1c(Cl)c(Cl)nc(Cl)c1Cl)Nc1ccc(Cl)cc1. The van der Waals surface area contributed by atoms with E-state index < -0.39 is 11.9 Å². The first kappa shape index (κ1) is 18.1. The van der Waals surface area contributed by atoms with Gasteiger partial charge in [-0.3, -0.25) is 10.1 Å². The second-order valence-corrected chi connectivity index (χ2v) is 6.02. The molecule has 0 radical (unpaired) electrons. The van der Waals surface area contributed by atoms with Gasteiger partial charge in [-0.1, -0.05) is 58.0 Å². The van der Waals surface area contributed by atoms with Gasteiger partial charge < -0.3 is 5.32 Å². The van der Waals surface area contributed by atoms with Crippen molar-refractivity contribution in [2.24, 2.45) is 0 Å². The number of carbonyl (C=O) groups is 2. The summed E-state index contributed by atoms with van der Waals surface area (Å²) in [6, 6.07) is 5.48. The molecule has 0 unspecified atom stereocenters. The number of hydrogen-bond acceptors (Lipinski definition) is 3. The van der Waals surface area contributed by atoms with Gasteiger partial charge in [-0.2, -0.15) is 0 Å². The molecular weight excluding hydrogens is 407 g/mol. The molecule has 120 valence electrons. The average Bonchev–Trinajstić information content (AvgIpc) is 2.48. The number of nitrogens with zero attached hydrogens (tertiary/aromatic N) is 1. The molecule has 0 saturated heterocycles. The number of nitrogens with one attached hydrogen (secondary N) is 2. The van der Waals surface area contributed by atoms with Crippen LogP contribution in [0.2, 0.25) is 25.4 Å². The maximum atomic E-state index is 12.1. The van der Waals surface area contributed by atoms with Gasteiger partial charge in [-0.15, -0.1) is 0 Å². The van der Waals surface area contributed by atoms with Crippen LogP contribution in [0.15, 0.2) is 24.3 Å². The lowest BCUT2D eigenvalue weighted by Crippen LogP contribution is -2.34. The predicted molar refractivity (Wildman–Crippen MR) is 92.2 cm³/mol. The molecule has 5 nitrogen and oxygen atoms in total. The summed E-state index contributed by atoms with van der Waals surface area (Å²) < 4.78 is 0. The first-order chi connectivity index (χ1) is 10.8. The summed E-state index contributed by atoms with van der Waals surface area (Å²) in [5.74, 6) is -0.877. The van der Waals surface area contributed by atoms with Gasteiger partial charge >= 0.3 is 6.03 Å². The molecule has 0 aliphatic heterocycles. The minimum absolute atomic E-state index is 0.204. The fourth-order valence-electron chi connectivity index (χ4n) is 1.55. The van der Waals surface area contributed by atoms with E-state index in [1.165, 1.54) is 0 Å². The highest BCUT2D eigenvalue weighted by Gasteiger charge is 2.23. The number of carbonyl (C=O) groups excluding carboxylic acids is 2. The highest BCUT2D eigenvalue weighted by molar-refractivity contribution is 6.49. The van der Waals surface area contributed by atoms with E-state index in [-0.39, 0.29) is 25.9 Å².